The van der Waals surface area contributed by atoms with Crippen LogP contribution >= 0.6 is 11.6 Å². The predicted octanol–water partition coefficient (Wildman–Crippen LogP) is 3.08. The lowest BCUT2D eigenvalue weighted by atomic mass is 10.2. The molecule has 18 heavy (non-hydrogen) atoms. The zero-order chi connectivity index (χ0) is 13.5. The van der Waals surface area contributed by atoms with E-state index < -0.39 is 11.6 Å². The third-order valence-electron chi connectivity index (χ3n) is 2.38. The lowest BCUT2D eigenvalue weighted by Crippen LogP contribution is -2.13. The van der Waals surface area contributed by atoms with E-state index in [1.165, 1.54) is 0 Å². The highest BCUT2D eigenvalue weighted by Crippen LogP contribution is 2.26. The lowest BCUT2D eigenvalue weighted by Gasteiger charge is -2.08. The normalized spacial score (nSPS) is 10.4. The predicted molar refractivity (Wildman–Crippen MR) is 67.5 cm³/mol. The van der Waals surface area contributed by atoms with E-state index in [2.05, 4.69) is 5.32 Å². The maximum Gasteiger partial charge on any atom is 0.224 e. The van der Waals surface area contributed by atoms with Gasteiger partial charge in [0.05, 0.1) is 10.7 Å². The molecule has 0 aliphatic rings. The number of amides is 1. The molecule has 0 unspecified atom stereocenters. The first kappa shape index (κ1) is 14.9. The zero-order valence-corrected chi connectivity index (χ0v) is 10.6. The largest absolute Gasteiger partial charge is 0.330 e. The maximum absolute atomic E-state index is 13.4. The fourth-order valence-electron chi connectivity index (χ4n) is 1.47. The van der Waals surface area contributed by atoms with Gasteiger partial charge in [0, 0.05) is 12.5 Å². The number of hydrogen-bond donors (Lipinski definition) is 2. The molecule has 1 aromatic rings. The van der Waals surface area contributed by atoms with Crippen LogP contribution in [0.1, 0.15) is 25.7 Å². The van der Waals surface area contributed by atoms with E-state index in [9.17, 15) is 13.6 Å². The highest BCUT2D eigenvalue weighted by molar-refractivity contribution is 6.33. The molecule has 1 rings (SSSR count). The van der Waals surface area contributed by atoms with Crippen molar-refractivity contribution in [1.82, 2.24) is 0 Å². The van der Waals surface area contributed by atoms with Crippen LogP contribution < -0.4 is 11.1 Å². The van der Waals surface area contributed by atoms with Crippen LogP contribution in [-0.4, -0.2) is 12.5 Å². The van der Waals surface area contributed by atoms with Crippen LogP contribution in [0.25, 0.3) is 0 Å². The summed E-state index contributed by atoms with van der Waals surface area (Å²) in [5, 5.41) is 2.19. The van der Waals surface area contributed by atoms with E-state index in [0.717, 1.165) is 18.9 Å². The van der Waals surface area contributed by atoms with Crippen LogP contribution in [-0.2, 0) is 4.79 Å². The van der Waals surface area contributed by atoms with Crippen molar-refractivity contribution in [2.45, 2.75) is 25.7 Å². The third kappa shape index (κ3) is 4.58. The summed E-state index contributed by atoms with van der Waals surface area (Å²) in [5.41, 5.74) is 5.14. The van der Waals surface area contributed by atoms with E-state index in [1.54, 1.807) is 0 Å². The topological polar surface area (TPSA) is 55.1 Å². The Balaban J connectivity index is 2.54. The van der Waals surface area contributed by atoms with Gasteiger partial charge in [-0.2, -0.15) is 0 Å². The molecule has 1 aromatic carbocycles. The summed E-state index contributed by atoms with van der Waals surface area (Å²) in [7, 11) is 0. The molecule has 0 fully saturated rings. The summed E-state index contributed by atoms with van der Waals surface area (Å²) >= 11 is 5.65. The fourth-order valence-corrected chi connectivity index (χ4v) is 1.71. The summed E-state index contributed by atoms with van der Waals surface area (Å²) in [4.78, 5) is 11.5. The van der Waals surface area contributed by atoms with Crippen LogP contribution in [0.4, 0.5) is 14.5 Å². The molecule has 0 saturated carbocycles. The molecule has 3 nitrogen and oxygen atoms in total. The Bertz CT molecular complexity index is 404. The SMILES string of the molecule is NCCCCCC(=O)Nc1c(F)cc(F)cc1Cl. The minimum Gasteiger partial charge on any atom is -0.330 e. The molecule has 100 valence electrons. The quantitative estimate of drug-likeness (QED) is 0.785. The van der Waals surface area contributed by atoms with Gasteiger partial charge in [-0.1, -0.05) is 18.0 Å². The van der Waals surface area contributed by atoms with Crippen molar-refractivity contribution in [2.75, 3.05) is 11.9 Å². The van der Waals surface area contributed by atoms with Crippen molar-refractivity contribution in [3.05, 3.63) is 28.8 Å². The summed E-state index contributed by atoms with van der Waals surface area (Å²) in [6.07, 6.45) is 2.61. The van der Waals surface area contributed by atoms with Gasteiger partial charge >= 0.3 is 0 Å². The van der Waals surface area contributed by atoms with Gasteiger partial charge in [-0.25, -0.2) is 8.78 Å². The van der Waals surface area contributed by atoms with Crippen molar-refractivity contribution in [3.63, 3.8) is 0 Å². The van der Waals surface area contributed by atoms with E-state index in [4.69, 9.17) is 17.3 Å². The number of carbonyl (C=O) groups is 1. The molecule has 0 saturated heterocycles. The van der Waals surface area contributed by atoms with Gasteiger partial charge in [0.1, 0.15) is 5.82 Å². The minimum absolute atomic E-state index is 0.150. The molecular formula is C12H15ClF2N2O. The zero-order valence-electron chi connectivity index (χ0n) is 9.81. The van der Waals surface area contributed by atoms with Gasteiger partial charge in [0.25, 0.3) is 0 Å². The highest BCUT2D eigenvalue weighted by Gasteiger charge is 2.12. The molecule has 0 radical (unpaired) electrons. The number of rotatable bonds is 6. The van der Waals surface area contributed by atoms with Crippen LogP contribution in [0.5, 0.6) is 0 Å². The molecule has 0 aromatic heterocycles. The number of benzene rings is 1. The van der Waals surface area contributed by atoms with Gasteiger partial charge in [-0.05, 0) is 25.5 Å². The van der Waals surface area contributed by atoms with Crippen LogP contribution in [0.3, 0.4) is 0 Å². The molecule has 0 aliphatic heterocycles. The molecule has 3 N–H and O–H groups in total. The monoisotopic (exact) mass is 276 g/mol. The number of halogens is 3. The highest BCUT2D eigenvalue weighted by atomic mass is 35.5. The molecule has 0 atom stereocenters. The van der Waals surface area contributed by atoms with E-state index in [0.29, 0.717) is 19.0 Å². The summed E-state index contributed by atoms with van der Waals surface area (Å²) < 4.78 is 26.1. The molecule has 0 spiro atoms. The summed E-state index contributed by atoms with van der Waals surface area (Å²) in [6.45, 7) is 0.583. The smallest absolute Gasteiger partial charge is 0.224 e. The first-order valence-electron chi connectivity index (χ1n) is 5.69. The lowest BCUT2D eigenvalue weighted by molar-refractivity contribution is -0.116. The number of hydrogen-bond acceptors (Lipinski definition) is 2. The second-order valence-electron chi connectivity index (χ2n) is 3.89. The average molecular weight is 277 g/mol. The van der Waals surface area contributed by atoms with Crippen LogP contribution in [0, 0.1) is 11.6 Å². The van der Waals surface area contributed by atoms with Gasteiger partial charge < -0.3 is 11.1 Å². The maximum atomic E-state index is 13.4. The number of carbonyl (C=O) groups excluding carboxylic acids is 1. The Morgan fingerprint density at radius 1 is 1.28 bits per heavy atom. The number of anilines is 1. The van der Waals surface area contributed by atoms with E-state index in [1.807, 2.05) is 0 Å². The molecule has 0 bridgehead atoms. The molecule has 6 heteroatoms. The van der Waals surface area contributed by atoms with Crippen molar-refractivity contribution < 1.29 is 13.6 Å². The molecular weight excluding hydrogens is 262 g/mol. The Morgan fingerprint density at radius 2 is 2.00 bits per heavy atom. The number of nitrogens with one attached hydrogen (secondary N) is 1. The Kier molecular flexibility index (Phi) is 6.01. The molecule has 0 heterocycles. The van der Waals surface area contributed by atoms with Crippen molar-refractivity contribution in [2.24, 2.45) is 5.73 Å². The Morgan fingerprint density at radius 3 is 2.61 bits per heavy atom. The molecule has 0 aliphatic carbocycles. The second kappa shape index (κ2) is 7.28. The first-order valence-corrected chi connectivity index (χ1v) is 6.07. The molecule has 1 amide bonds. The first-order chi connectivity index (χ1) is 8.54. The minimum atomic E-state index is -0.879. The summed E-state index contributed by atoms with van der Waals surface area (Å²) in [5.74, 6) is -2.01. The van der Waals surface area contributed by atoms with E-state index >= 15 is 0 Å². The van der Waals surface area contributed by atoms with Gasteiger partial charge in [-0.3, -0.25) is 4.79 Å². The van der Waals surface area contributed by atoms with Crippen LogP contribution in [0.15, 0.2) is 12.1 Å². The Labute approximate surface area is 109 Å². The third-order valence-corrected chi connectivity index (χ3v) is 2.68. The fraction of sp³-hybridized carbons (Fsp3) is 0.417. The van der Waals surface area contributed by atoms with Crippen molar-refractivity contribution in [3.8, 4) is 0 Å². The van der Waals surface area contributed by atoms with Gasteiger partial charge in [0.2, 0.25) is 5.91 Å². The van der Waals surface area contributed by atoms with Crippen LogP contribution in [0.2, 0.25) is 5.02 Å². The summed E-state index contributed by atoms with van der Waals surface area (Å²) in [6, 6.07) is 1.63. The second-order valence-corrected chi connectivity index (χ2v) is 4.30. The Hall–Kier alpha value is -1.20. The van der Waals surface area contributed by atoms with Gasteiger partial charge in [-0.15, -0.1) is 0 Å². The van der Waals surface area contributed by atoms with Crippen molar-refractivity contribution in [1.29, 1.82) is 0 Å². The van der Waals surface area contributed by atoms with E-state index in [-0.39, 0.29) is 23.0 Å². The number of nitrogens with two attached hydrogens (primary N) is 1. The number of unbranched alkanes of at least 4 members (excludes halogenated alkanes) is 2. The van der Waals surface area contributed by atoms with Gasteiger partial charge in [0.15, 0.2) is 5.82 Å². The average Bonchev–Trinajstić information content (AvgIpc) is 2.29. The van der Waals surface area contributed by atoms with Crippen molar-refractivity contribution >= 4 is 23.2 Å². The standard InChI is InChI=1S/C12H15ClF2N2O/c13-9-6-8(14)7-10(15)12(9)17-11(18)4-2-1-3-5-16/h6-7H,1-5,16H2,(H,17,18).